The second kappa shape index (κ2) is 13.9. The Morgan fingerprint density at radius 2 is 1.55 bits per heavy atom. The summed E-state index contributed by atoms with van der Waals surface area (Å²) >= 11 is 0. The number of para-hydroxylation sites is 3. The molecule has 3 N–H and O–H groups in total. The molecule has 0 radical (unpaired) electrons. The number of aliphatic carboxylic acids is 1. The van der Waals surface area contributed by atoms with Crippen molar-refractivity contribution in [3.05, 3.63) is 143 Å². The van der Waals surface area contributed by atoms with E-state index in [1.807, 2.05) is 36.4 Å². The number of anilines is 1. The first-order chi connectivity index (χ1) is 21.0. The van der Waals surface area contributed by atoms with Crippen molar-refractivity contribution in [1.29, 1.82) is 0 Å². The van der Waals surface area contributed by atoms with Gasteiger partial charge >= 0.3 is 35.5 Å². The Bertz CT molecular complexity index is 1930. The SMILES string of the molecule is O=C(c1ccc(F)cc1)c1ccccc1NC(Cc1ccc(OCCc2cccc3c2[nH]c2ccccc23)cc1)C(=O)O.[H-].[Na+]. The van der Waals surface area contributed by atoms with Crippen molar-refractivity contribution >= 4 is 39.2 Å². The van der Waals surface area contributed by atoms with Crippen LogP contribution in [0, 0.1) is 5.82 Å². The molecule has 5 aromatic carbocycles. The maximum Gasteiger partial charge on any atom is 1.00 e. The summed E-state index contributed by atoms with van der Waals surface area (Å²) in [5.41, 5.74) is 5.24. The molecular weight excluding hydrogens is 566 g/mol. The predicted octanol–water partition coefficient (Wildman–Crippen LogP) is 4.54. The number of aromatic amines is 1. The topological polar surface area (TPSA) is 91.4 Å². The minimum Gasteiger partial charge on any atom is -1.00 e. The Morgan fingerprint density at radius 3 is 2.32 bits per heavy atom. The zero-order valence-electron chi connectivity index (χ0n) is 25.2. The van der Waals surface area contributed by atoms with Gasteiger partial charge < -0.3 is 21.6 Å². The number of aromatic nitrogens is 1. The maximum absolute atomic E-state index is 13.3. The summed E-state index contributed by atoms with van der Waals surface area (Å²) in [6, 6.07) is 32.9. The first-order valence-corrected chi connectivity index (χ1v) is 14.0. The molecule has 0 aliphatic rings. The Hall–Kier alpha value is -4.43. The predicted molar refractivity (Wildman–Crippen MR) is 168 cm³/mol. The second-order valence-electron chi connectivity index (χ2n) is 10.4. The van der Waals surface area contributed by atoms with Crippen LogP contribution in [0.25, 0.3) is 21.8 Å². The van der Waals surface area contributed by atoms with Gasteiger partial charge in [-0.3, -0.25) is 4.79 Å². The summed E-state index contributed by atoms with van der Waals surface area (Å²) in [4.78, 5) is 28.8. The van der Waals surface area contributed by atoms with Crippen LogP contribution in [-0.4, -0.2) is 34.5 Å². The van der Waals surface area contributed by atoms with Crippen molar-refractivity contribution < 1.29 is 54.8 Å². The largest absolute Gasteiger partial charge is 1.00 e. The molecule has 6 nitrogen and oxygen atoms in total. The van der Waals surface area contributed by atoms with Gasteiger partial charge in [0.05, 0.1) is 6.61 Å². The van der Waals surface area contributed by atoms with Gasteiger partial charge in [0.25, 0.3) is 0 Å². The molecule has 0 fully saturated rings. The number of halogens is 1. The molecule has 0 aliphatic heterocycles. The average molecular weight is 597 g/mol. The number of carbonyl (C=O) groups excluding carboxylic acids is 1. The molecule has 0 saturated heterocycles. The van der Waals surface area contributed by atoms with E-state index >= 15 is 0 Å². The van der Waals surface area contributed by atoms with Crippen LogP contribution >= 0.6 is 0 Å². The average Bonchev–Trinajstić information content (AvgIpc) is 3.41. The number of ether oxygens (including phenoxy) is 1. The molecule has 0 spiro atoms. The molecule has 0 amide bonds. The number of carbonyl (C=O) groups is 2. The summed E-state index contributed by atoms with van der Waals surface area (Å²) in [6.45, 7) is 0.492. The third kappa shape index (κ3) is 6.86. The summed E-state index contributed by atoms with van der Waals surface area (Å²) in [5, 5.41) is 15.4. The van der Waals surface area contributed by atoms with E-state index < -0.39 is 17.8 Å². The van der Waals surface area contributed by atoms with Gasteiger partial charge in [0.2, 0.25) is 0 Å². The molecule has 44 heavy (non-hydrogen) atoms. The molecule has 0 saturated carbocycles. The minimum absolute atomic E-state index is 0. The summed E-state index contributed by atoms with van der Waals surface area (Å²) in [7, 11) is 0. The summed E-state index contributed by atoms with van der Waals surface area (Å²) < 4.78 is 19.4. The third-order valence-electron chi connectivity index (χ3n) is 7.54. The zero-order chi connectivity index (χ0) is 29.8. The van der Waals surface area contributed by atoms with Gasteiger partial charge in [-0.1, -0.05) is 60.7 Å². The fraction of sp³-hybridized carbons (Fsp3) is 0.111. The molecule has 6 rings (SSSR count). The van der Waals surface area contributed by atoms with Crippen LogP contribution in [0.1, 0.15) is 28.5 Å². The van der Waals surface area contributed by atoms with Crippen LogP contribution < -0.4 is 39.6 Å². The number of nitrogens with one attached hydrogen (secondary N) is 2. The summed E-state index contributed by atoms with van der Waals surface area (Å²) in [5.74, 6) is -1.11. The number of hydrogen-bond donors (Lipinski definition) is 3. The standard InChI is InChI=1S/C36H29FN2O4.Na.H/c37-26-16-14-25(15-17-26)35(40)30-8-2-4-11-32(30)38-33(36(41)42)22-23-12-18-27(19-13-23)43-21-20-24-6-5-9-29-28-7-1-3-10-31(28)39-34(24)29;;/h1-19,33,38-39H,20-22H2,(H,41,42);;/q;+1;-1. The zero-order valence-corrected chi connectivity index (χ0v) is 26.2. The van der Waals surface area contributed by atoms with Gasteiger partial charge in [-0.05, 0) is 65.7 Å². The van der Waals surface area contributed by atoms with Gasteiger partial charge in [-0.15, -0.1) is 0 Å². The fourth-order valence-corrected chi connectivity index (χ4v) is 5.33. The normalized spacial score (nSPS) is 11.6. The van der Waals surface area contributed by atoms with Crippen LogP contribution in [0.5, 0.6) is 5.75 Å². The molecule has 1 heterocycles. The Balaban J connectivity index is 0.00000230. The van der Waals surface area contributed by atoms with Crippen LogP contribution in [0.3, 0.4) is 0 Å². The molecule has 216 valence electrons. The number of hydrogen-bond acceptors (Lipinski definition) is 4. The van der Waals surface area contributed by atoms with Gasteiger partial charge in [-0.25, -0.2) is 9.18 Å². The van der Waals surface area contributed by atoms with E-state index in [1.165, 1.54) is 40.6 Å². The van der Waals surface area contributed by atoms with Gasteiger partial charge in [0.15, 0.2) is 5.78 Å². The molecular formula is C36H30FN2NaO4. The minimum atomic E-state index is -1.05. The molecule has 6 aromatic rings. The van der Waals surface area contributed by atoms with Crippen molar-refractivity contribution in [2.45, 2.75) is 18.9 Å². The number of rotatable bonds is 11. The van der Waals surface area contributed by atoms with Gasteiger partial charge in [0.1, 0.15) is 17.6 Å². The third-order valence-corrected chi connectivity index (χ3v) is 7.54. The molecule has 0 aliphatic carbocycles. The molecule has 1 aromatic heterocycles. The summed E-state index contributed by atoms with van der Waals surface area (Å²) in [6.07, 6.45) is 0.921. The van der Waals surface area contributed by atoms with Crippen molar-refractivity contribution in [2.24, 2.45) is 0 Å². The Morgan fingerprint density at radius 1 is 0.841 bits per heavy atom. The maximum atomic E-state index is 13.3. The van der Waals surface area contributed by atoms with Gasteiger partial charge in [0, 0.05) is 51.5 Å². The Kier molecular flexibility index (Phi) is 9.80. The first-order valence-electron chi connectivity index (χ1n) is 14.0. The number of fused-ring (bicyclic) bond motifs is 3. The van der Waals surface area contributed by atoms with E-state index in [4.69, 9.17) is 4.74 Å². The number of carboxylic acids is 1. The van der Waals surface area contributed by atoms with Crippen LogP contribution in [0.2, 0.25) is 0 Å². The van der Waals surface area contributed by atoms with E-state index in [0.717, 1.165) is 23.0 Å². The van der Waals surface area contributed by atoms with E-state index in [9.17, 15) is 19.1 Å². The van der Waals surface area contributed by atoms with Crippen molar-refractivity contribution in [3.8, 4) is 5.75 Å². The van der Waals surface area contributed by atoms with Gasteiger partial charge in [-0.2, -0.15) is 0 Å². The van der Waals surface area contributed by atoms with Crippen LogP contribution in [0.15, 0.2) is 115 Å². The van der Waals surface area contributed by atoms with Crippen molar-refractivity contribution in [3.63, 3.8) is 0 Å². The first kappa shape index (κ1) is 31.0. The van der Waals surface area contributed by atoms with E-state index in [-0.39, 0.29) is 43.2 Å². The number of carboxylic acid groups (broad SMARTS) is 1. The van der Waals surface area contributed by atoms with Crippen molar-refractivity contribution in [1.82, 2.24) is 4.98 Å². The number of ketones is 1. The molecule has 1 unspecified atom stereocenters. The van der Waals surface area contributed by atoms with E-state index in [1.54, 1.807) is 24.3 Å². The van der Waals surface area contributed by atoms with E-state index in [0.29, 0.717) is 29.2 Å². The quantitative estimate of drug-likeness (QED) is 0.151. The fourth-order valence-electron chi connectivity index (χ4n) is 5.33. The second-order valence-corrected chi connectivity index (χ2v) is 10.4. The van der Waals surface area contributed by atoms with Crippen molar-refractivity contribution in [2.75, 3.05) is 11.9 Å². The number of benzene rings is 5. The van der Waals surface area contributed by atoms with E-state index in [2.05, 4.69) is 40.6 Å². The van der Waals surface area contributed by atoms with Crippen LogP contribution in [0.4, 0.5) is 10.1 Å². The molecule has 8 heteroatoms. The van der Waals surface area contributed by atoms with Crippen LogP contribution in [-0.2, 0) is 17.6 Å². The molecule has 1 atom stereocenters. The smallest absolute Gasteiger partial charge is 1.00 e. The monoisotopic (exact) mass is 596 g/mol. The Labute approximate surface area is 277 Å². The number of H-pyrrole nitrogens is 1. The molecule has 0 bridgehead atoms.